The number of carbonyl (C=O) groups is 1. The molecule has 11 heteroatoms. The van der Waals surface area contributed by atoms with Gasteiger partial charge in [0.25, 0.3) is 5.19 Å². The maximum atomic E-state index is 13.1. The summed E-state index contributed by atoms with van der Waals surface area (Å²) in [6.07, 6.45) is 1.61. The first kappa shape index (κ1) is 24.9. The van der Waals surface area contributed by atoms with Crippen LogP contribution in [0.15, 0.2) is 30.5 Å². The molecule has 186 valence electrons. The number of aromatic hydroxyl groups is 1. The number of nitrogens with one attached hydrogen (secondary N) is 1. The number of benzene rings is 1. The number of aryl methyl sites for hydroxylation is 1. The number of halogens is 3. The van der Waals surface area contributed by atoms with Gasteiger partial charge in [-0.15, -0.1) is 0 Å². The molecule has 1 saturated carbocycles. The Balaban J connectivity index is 1.64. The highest BCUT2D eigenvalue weighted by atomic mass is 32.1. The van der Waals surface area contributed by atoms with Gasteiger partial charge in [-0.05, 0) is 43.9 Å². The number of anilines is 2. The van der Waals surface area contributed by atoms with Gasteiger partial charge in [-0.25, -0.2) is 9.97 Å². The van der Waals surface area contributed by atoms with E-state index in [9.17, 15) is 23.1 Å². The van der Waals surface area contributed by atoms with Crippen molar-refractivity contribution in [1.29, 1.82) is 0 Å². The summed E-state index contributed by atoms with van der Waals surface area (Å²) in [5.74, 6) is -0.931. The third kappa shape index (κ3) is 5.24. The largest absolute Gasteiger partial charge is 0.492 e. The van der Waals surface area contributed by atoms with E-state index in [2.05, 4.69) is 20.3 Å². The van der Waals surface area contributed by atoms with Crippen LogP contribution in [0.5, 0.6) is 11.1 Å². The van der Waals surface area contributed by atoms with E-state index in [1.54, 1.807) is 25.1 Å². The Morgan fingerprint density at radius 3 is 2.63 bits per heavy atom. The minimum Gasteiger partial charge on any atom is -0.492 e. The molecule has 0 amide bonds. The summed E-state index contributed by atoms with van der Waals surface area (Å²) >= 11 is 0.995. The number of aromatic nitrogens is 3. The van der Waals surface area contributed by atoms with Crippen molar-refractivity contribution in [3.05, 3.63) is 41.7 Å². The number of rotatable bonds is 6. The second-order valence-electron chi connectivity index (χ2n) is 8.60. The molecule has 1 aromatic carbocycles. The lowest BCUT2D eigenvalue weighted by molar-refractivity contribution is -0.148. The maximum Gasteiger partial charge on any atom is 0.433 e. The number of alkyl halides is 3. The van der Waals surface area contributed by atoms with Crippen LogP contribution in [0.3, 0.4) is 0 Å². The van der Waals surface area contributed by atoms with Crippen molar-refractivity contribution in [3.63, 3.8) is 0 Å². The molecule has 0 radical (unpaired) electrons. The van der Waals surface area contributed by atoms with Crippen LogP contribution in [0.2, 0.25) is 0 Å². The smallest absolute Gasteiger partial charge is 0.433 e. The Bertz CT molecular complexity index is 1220. The molecule has 1 aliphatic carbocycles. The van der Waals surface area contributed by atoms with Crippen LogP contribution in [-0.2, 0) is 11.0 Å². The van der Waals surface area contributed by atoms with Crippen molar-refractivity contribution >= 4 is 28.9 Å². The first-order valence-electron chi connectivity index (χ1n) is 11.3. The highest BCUT2D eigenvalue weighted by Gasteiger charge is 2.40. The molecule has 7 nitrogen and oxygen atoms in total. The topological polar surface area (TPSA) is 97.2 Å². The van der Waals surface area contributed by atoms with Crippen molar-refractivity contribution in [1.82, 2.24) is 15.0 Å². The van der Waals surface area contributed by atoms with Crippen LogP contribution in [0.1, 0.15) is 56.7 Å². The molecule has 2 N–H and O–H groups in total. The summed E-state index contributed by atoms with van der Waals surface area (Å²) in [6, 6.07) is 5.91. The van der Waals surface area contributed by atoms with Gasteiger partial charge >= 0.3 is 12.1 Å². The van der Waals surface area contributed by atoms with Crippen molar-refractivity contribution in [2.24, 2.45) is 5.41 Å². The fourth-order valence-corrected chi connectivity index (χ4v) is 5.32. The third-order valence-corrected chi connectivity index (χ3v) is 7.32. The van der Waals surface area contributed by atoms with Crippen LogP contribution in [0.25, 0.3) is 10.4 Å². The van der Waals surface area contributed by atoms with E-state index in [1.165, 1.54) is 0 Å². The quantitative estimate of drug-likeness (QED) is 0.362. The zero-order valence-electron chi connectivity index (χ0n) is 19.3. The summed E-state index contributed by atoms with van der Waals surface area (Å²) in [5, 5.41) is 13.4. The lowest BCUT2D eigenvalue weighted by Gasteiger charge is -2.33. The predicted molar refractivity (Wildman–Crippen MR) is 126 cm³/mol. The lowest BCUT2D eigenvalue weighted by atomic mass is 9.72. The fraction of sp³-hybridized carbons (Fsp3) is 0.417. The number of esters is 1. The zero-order chi connectivity index (χ0) is 25.2. The molecule has 0 saturated heterocycles. The van der Waals surface area contributed by atoms with Gasteiger partial charge in [-0.1, -0.05) is 49.7 Å². The highest BCUT2D eigenvalue weighted by molar-refractivity contribution is 7.17. The minimum absolute atomic E-state index is 0.0189. The van der Waals surface area contributed by atoms with Gasteiger partial charge < -0.3 is 15.2 Å². The van der Waals surface area contributed by atoms with Gasteiger partial charge in [-0.3, -0.25) is 4.79 Å². The summed E-state index contributed by atoms with van der Waals surface area (Å²) in [7, 11) is 0. The minimum atomic E-state index is -4.61. The van der Waals surface area contributed by atoms with Gasteiger partial charge in [0.1, 0.15) is 10.6 Å². The van der Waals surface area contributed by atoms with Gasteiger partial charge in [0, 0.05) is 11.8 Å². The van der Waals surface area contributed by atoms with Crippen LogP contribution < -0.4 is 10.1 Å². The molecular formula is C24H25F3N4O3S. The predicted octanol–water partition coefficient (Wildman–Crippen LogP) is 6.64. The molecule has 0 aliphatic heterocycles. The standard InChI is InChI=1S/C24H25F3N4O3S/c1-3-23(11-5-4-6-12-23)20(33)34-22-31-19(32)18(35-22)17-14(2)8-7-9-15(17)29-21-28-13-10-16(30-21)24(25,26)27/h7-10,13,32H,3-6,11-12H2,1-2H3,(H,28,29,30). The molecule has 3 aromatic rings. The van der Waals surface area contributed by atoms with E-state index in [-0.39, 0.29) is 23.0 Å². The van der Waals surface area contributed by atoms with E-state index in [0.717, 1.165) is 61.3 Å². The van der Waals surface area contributed by atoms with E-state index < -0.39 is 17.3 Å². The third-order valence-electron chi connectivity index (χ3n) is 6.38. The van der Waals surface area contributed by atoms with Crippen LogP contribution in [0, 0.1) is 12.3 Å². The molecule has 1 aliphatic rings. The molecule has 4 rings (SSSR count). The first-order valence-corrected chi connectivity index (χ1v) is 12.1. The second kappa shape index (κ2) is 9.80. The van der Waals surface area contributed by atoms with Gasteiger partial charge in [0.15, 0.2) is 0 Å². The van der Waals surface area contributed by atoms with Gasteiger partial charge in [0.2, 0.25) is 11.8 Å². The Hall–Kier alpha value is -3.21. The van der Waals surface area contributed by atoms with Crippen molar-refractivity contribution in [2.75, 3.05) is 5.32 Å². The molecule has 0 unspecified atom stereocenters. The average Bonchev–Trinajstić information content (AvgIpc) is 3.18. The van der Waals surface area contributed by atoms with Gasteiger partial charge in [-0.2, -0.15) is 18.2 Å². The maximum absolute atomic E-state index is 13.1. The van der Waals surface area contributed by atoms with E-state index >= 15 is 0 Å². The first-order chi connectivity index (χ1) is 16.6. The second-order valence-corrected chi connectivity index (χ2v) is 9.56. The molecule has 0 bridgehead atoms. The number of hydrogen-bond donors (Lipinski definition) is 2. The summed E-state index contributed by atoms with van der Waals surface area (Å²) in [6.45, 7) is 3.75. The van der Waals surface area contributed by atoms with Crippen molar-refractivity contribution < 1.29 is 27.8 Å². The van der Waals surface area contributed by atoms with E-state index in [0.29, 0.717) is 22.5 Å². The summed E-state index contributed by atoms with van der Waals surface area (Å²) in [4.78, 5) is 24.8. The number of carbonyl (C=O) groups excluding carboxylic acids is 1. The Morgan fingerprint density at radius 2 is 1.94 bits per heavy atom. The fourth-order valence-electron chi connectivity index (χ4n) is 4.39. The number of thiazole rings is 1. The SMILES string of the molecule is CCC1(C(=O)Oc2nc(O)c(-c3c(C)cccc3Nc3nccc(C(F)(F)F)n3)s2)CCCCC1. The molecule has 0 atom stereocenters. The number of nitrogens with zero attached hydrogens (tertiary/aromatic N) is 3. The average molecular weight is 507 g/mol. The molecular weight excluding hydrogens is 481 g/mol. The normalized spacial score (nSPS) is 15.6. The lowest BCUT2D eigenvalue weighted by Crippen LogP contribution is -2.36. The van der Waals surface area contributed by atoms with Gasteiger partial charge in [0.05, 0.1) is 11.1 Å². The molecule has 2 aromatic heterocycles. The molecule has 35 heavy (non-hydrogen) atoms. The van der Waals surface area contributed by atoms with Crippen LogP contribution in [0.4, 0.5) is 24.8 Å². The molecule has 1 fully saturated rings. The van der Waals surface area contributed by atoms with Crippen LogP contribution in [-0.4, -0.2) is 26.0 Å². The Morgan fingerprint density at radius 1 is 1.20 bits per heavy atom. The van der Waals surface area contributed by atoms with Crippen molar-refractivity contribution in [3.8, 4) is 21.5 Å². The Labute approximate surface area is 204 Å². The summed E-state index contributed by atoms with van der Waals surface area (Å²) < 4.78 is 44.8. The van der Waals surface area contributed by atoms with E-state index in [4.69, 9.17) is 4.74 Å². The monoisotopic (exact) mass is 506 g/mol. The highest BCUT2D eigenvalue weighted by Crippen LogP contribution is 2.46. The molecule has 2 heterocycles. The van der Waals surface area contributed by atoms with Crippen molar-refractivity contribution in [2.45, 2.75) is 58.5 Å². The number of ether oxygens (including phenoxy) is 1. The Kier molecular flexibility index (Phi) is 6.98. The number of hydrogen-bond acceptors (Lipinski definition) is 8. The van der Waals surface area contributed by atoms with E-state index in [1.807, 2.05) is 6.92 Å². The summed E-state index contributed by atoms with van der Waals surface area (Å²) in [5.41, 5.74) is -0.0366. The van der Waals surface area contributed by atoms with Crippen LogP contribution >= 0.6 is 11.3 Å². The molecule has 0 spiro atoms. The zero-order valence-corrected chi connectivity index (χ0v) is 20.1.